The van der Waals surface area contributed by atoms with Crippen molar-refractivity contribution in [1.82, 2.24) is 15.8 Å². The van der Waals surface area contributed by atoms with Gasteiger partial charge < -0.3 is 10.2 Å². The lowest BCUT2D eigenvalue weighted by Gasteiger charge is -2.38. The Morgan fingerprint density at radius 3 is 2.81 bits per heavy atom. The zero-order valence-electron chi connectivity index (χ0n) is 15.6. The van der Waals surface area contributed by atoms with Crippen molar-refractivity contribution in [1.29, 1.82) is 0 Å². The Hall–Kier alpha value is -1.99. The van der Waals surface area contributed by atoms with Crippen LogP contribution in [0.15, 0.2) is 18.2 Å². The second kappa shape index (κ2) is 7.56. The maximum absolute atomic E-state index is 13.7. The summed E-state index contributed by atoms with van der Waals surface area (Å²) in [5, 5.41) is 2.74. The normalized spacial score (nSPS) is 28.7. The van der Waals surface area contributed by atoms with E-state index in [2.05, 4.69) is 23.1 Å². The van der Waals surface area contributed by atoms with Gasteiger partial charge in [-0.25, -0.2) is 4.39 Å². The van der Waals surface area contributed by atoms with Crippen LogP contribution in [0.2, 0.25) is 0 Å². The van der Waals surface area contributed by atoms with Gasteiger partial charge in [-0.05, 0) is 48.4 Å². The molecule has 0 radical (unpaired) electrons. The lowest BCUT2D eigenvalue weighted by Crippen LogP contribution is -2.47. The van der Waals surface area contributed by atoms with Crippen LogP contribution in [0.3, 0.4) is 0 Å². The molecule has 1 aromatic rings. The number of rotatable bonds is 3. The summed E-state index contributed by atoms with van der Waals surface area (Å²) in [4.78, 5) is 27.0. The van der Waals surface area contributed by atoms with Crippen molar-refractivity contribution in [2.24, 2.45) is 11.8 Å². The van der Waals surface area contributed by atoms with Crippen LogP contribution in [0.1, 0.15) is 44.1 Å². The van der Waals surface area contributed by atoms with E-state index >= 15 is 0 Å². The smallest absolute Gasteiger partial charge is 0.230 e. The van der Waals surface area contributed by atoms with E-state index < -0.39 is 5.92 Å². The fourth-order valence-corrected chi connectivity index (χ4v) is 4.81. The number of carbonyl (C=O) groups excluding carboxylic acids is 2. The molecule has 146 valence electrons. The number of anilines is 1. The van der Waals surface area contributed by atoms with E-state index in [9.17, 15) is 14.0 Å². The number of piperidine rings is 1. The summed E-state index contributed by atoms with van der Waals surface area (Å²) < 4.78 is 13.7. The summed E-state index contributed by atoms with van der Waals surface area (Å²) in [5.74, 6) is -0.0286. The van der Waals surface area contributed by atoms with Crippen molar-refractivity contribution in [3.8, 4) is 0 Å². The lowest BCUT2D eigenvalue weighted by atomic mass is 9.81. The molecule has 0 saturated carbocycles. The van der Waals surface area contributed by atoms with E-state index in [1.807, 2.05) is 4.90 Å². The van der Waals surface area contributed by atoms with Gasteiger partial charge in [-0.15, -0.1) is 0 Å². The fourth-order valence-electron chi connectivity index (χ4n) is 4.81. The van der Waals surface area contributed by atoms with E-state index in [4.69, 9.17) is 0 Å². The van der Waals surface area contributed by atoms with Crippen LogP contribution in [0, 0.1) is 17.7 Å². The lowest BCUT2D eigenvalue weighted by molar-refractivity contribution is -0.136. The quantitative estimate of drug-likeness (QED) is 0.757. The summed E-state index contributed by atoms with van der Waals surface area (Å²) in [6, 6.07) is 4.69. The van der Waals surface area contributed by atoms with Crippen LogP contribution in [0.5, 0.6) is 0 Å². The summed E-state index contributed by atoms with van der Waals surface area (Å²) >= 11 is 0. The number of likely N-dealkylation sites (tertiary alicyclic amines) is 1. The molecule has 3 unspecified atom stereocenters. The zero-order chi connectivity index (χ0) is 19.0. The molecule has 1 aromatic carbocycles. The first-order valence-corrected chi connectivity index (χ1v) is 9.93. The number of carbonyl (C=O) groups is 2. The Kier molecular flexibility index (Phi) is 5.14. The van der Waals surface area contributed by atoms with Crippen LogP contribution >= 0.6 is 0 Å². The molecule has 4 rings (SSSR count). The summed E-state index contributed by atoms with van der Waals surface area (Å²) in [7, 11) is 0. The van der Waals surface area contributed by atoms with Gasteiger partial charge in [0.15, 0.2) is 0 Å². The highest BCUT2D eigenvalue weighted by Gasteiger charge is 2.38. The summed E-state index contributed by atoms with van der Waals surface area (Å²) in [6.45, 7) is 4.61. The van der Waals surface area contributed by atoms with Crippen LogP contribution in [-0.2, 0) is 9.59 Å². The van der Waals surface area contributed by atoms with Gasteiger partial charge >= 0.3 is 0 Å². The van der Waals surface area contributed by atoms with Gasteiger partial charge in [0, 0.05) is 37.8 Å². The Labute approximate surface area is 158 Å². The van der Waals surface area contributed by atoms with E-state index in [1.54, 1.807) is 0 Å². The SMILES string of the molecule is CCC1CNNC1C1CCN(C(=O)C2CC(=O)Nc3ccc(F)cc32)CC1. The van der Waals surface area contributed by atoms with E-state index in [0.29, 0.717) is 42.2 Å². The second-order valence-electron chi connectivity index (χ2n) is 7.92. The molecule has 6 nitrogen and oxygen atoms in total. The molecule has 0 aromatic heterocycles. The number of benzene rings is 1. The largest absolute Gasteiger partial charge is 0.342 e. The second-order valence-corrected chi connectivity index (χ2v) is 7.92. The van der Waals surface area contributed by atoms with Gasteiger partial charge in [0.05, 0.1) is 5.92 Å². The first kappa shape index (κ1) is 18.4. The molecule has 2 fully saturated rings. The van der Waals surface area contributed by atoms with Gasteiger partial charge in [-0.1, -0.05) is 13.3 Å². The average molecular weight is 374 g/mol. The third kappa shape index (κ3) is 3.58. The van der Waals surface area contributed by atoms with E-state index in [0.717, 1.165) is 25.8 Å². The third-order valence-corrected chi connectivity index (χ3v) is 6.38. The van der Waals surface area contributed by atoms with Gasteiger partial charge in [-0.2, -0.15) is 0 Å². The molecule has 3 aliphatic heterocycles. The van der Waals surface area contributed by atoms with Gasteiger partial charge in [0.25, 0.3) is 0 Å². The monoisotopic (exact) mass is 374 g/mol. The number of fused-ring (bicyclic) bond motifs is 1. The molecule has 0 bridgehead atoms. The molecule has 7 heteroatoms. The maximum Gasteiger partial charge on any atom is 0.230 e. The maximum atomic E-state index is 13.7. The fraction of sp³-hybridized carbons (Fsp3) is 0.600. The van der Waals surface area contributed by atoms with Crippen LogP contribution < -0.4 is 16.2 Å². The molecular weight excluding hydrogens is 347 g/mol. The number of nitrogens with zero attached hydrogens (tertiary/aromatic N) is 1. The van der Waals surface area contributed by atoms with Crippen molar-refractivity contribution in [2.45, 2.75) is 44.6 Å². The van der Waals surface area contributed by atoms with E-state index in [1.165, 1.54) is 18.2 Å². The number of amides is 2. The molecule has 3 atom stereocenters. The minimum Gasteiger partial charge on any atom is -0.342 e. The first-order chi connectivity index (χ1) is 13.1. The minimum atomic E-state index is -0.587. The molecule has 3 heterocycles. The first-order valence-electron chi connectivity index (χ1n) is 9.93. The topological polar surface area (TPSA) is 73.5 Å². The van der Waals surface area contributed by atoms with Crippen molar-refractivity contribution in [2.75, 3.05) is 25.0 Å². The van der Waals surface area contributed by atoms with Crippen molar-refractivity contribution in [3.63, 3.8) is 0 Å². The minimum absolute atomic E-state index is 0.0558. The van der Waals surface area contributed by atoms with Crippen LogP contribution in [0.4, 0.5) is 10.1 Å². The van der Waals surface area contributed by atoms with Crippen molar-refractivity contribution < 1.29 is 14.0 Å². The van der Waals surface area contributed by atoms with E-state index in [-0.39, 0.29) is 24.1 Å². The average Bonchev–Trinajstić information content (AvgIpc) is 3.16. The molecule has 0 aliphatic carbocycles. The zero-order valence-corrected chi connectivity index (χ0v) is 15.6. The molecule has 3 N–H and O–H groups in total. The third-order valence-electron chi connectivity index (χ3n) is 6.38. The predicted octanol–water partition coefficient (Wildman–Crippen LogP) is 1.99. The molecule has 2 amide bonds. The summed E-state index contributed by atoms with van der Waals surface area (Å²) in [5.41, 5.74) is 7.82. The van der Waals surface area contributed by atoms with Crippen LogP contribution in [0.25, 0.3) is 0 Å². The standard InChI is InChI=1S/C20H27FN4O2/c1-2-12-11-22-24-19(12)13-5-7-25(8-6-13)20(27)16-10-18(26)23-17-4-3-14(21)9-15(16)17/h3-4,9,12-13,16,19,22,24H,2,5-8,10-11H2,1H3,(H,23,26). The molecule has 27 heavy (non-hydrogen) atoms. The number of halogens is 1. The predicted molar refractivity (Wildman–Crippen MR) is 100 cm³/mol. The Morgan fingerprint density at radius 1 is 1.30 bits per heavy atom. The van der Waals surface area contributed by atoms with Gasteiger partial charge in [-0.3, -0.25) is 20.4 Å². The number of hydrazine groups is 1. The number of nitrogens with one attached hydrogen (secondary N) is 3. The van der Waals surface area contributed by atoms with Crippen molar-refractivity contribution in [3.05, 3.63) is 29.6 Å². The van der Waals surface area contributed by atoms with Crippen LogP contribution in [-0.4, -0.2) is 42.4 Å². The molecule has 3 aliphatic rings. The van der Waals surface area contributed by atoms with Gasteiger partial charge in [0.1, 0.15) is 5.82 Å². The molecule has 0 spiro atoms. The summed E-state index contributed by atoms with van der Waals surface area (Å²) in [6.07, 6.45) is 3.14. The molecule has 2 saturated heterocycles. The number of hydrogen-bond acceptors (Lipinski definition) is 4. The highest BCUT2D eigenvalue weighted by atomic mass is 19.1. The molecular formula is C20H27FN4O2. The highest BCUT2D eigenvalue weighted by molar-refractivity contribution is 6.01. The Morgan fingerprint density at radius 2 is 2.07 bits per heavy atom. The Balaban J connectivity index is 1.44. The highest BCUT2D eigenvalue weighted by Crippen LogP contribution is 2.35. The number of hydrogen-bond donors (Lipinski definition) is 3. The Bertz CT molecular complexity index is 733. The van der Waals surface area contributed by atoms with Gasteiger partial charge in [0.2, 0.25) is 11.8 Å². The van der Waals surface area contributed by atoms with Crippen molar-refractivity contribution >= 4 is 17.5 Å².